The summed E-state index contributed by atoms with van der Waals surface area (Å²) >= 11 is -0.125. The third-order valence-electron chi connectivity index (χ3n) is 0.586. The average Bonchev–Trinajstić information content (AvgIpc) is 2.74. The fourth-order valence-corrected chi connectivity index (χ4v) is 0.340. The van der Waals surface area contributed by atoms with Crippen molar-refractivity contribution in [3.63, 3.8) is 0 Å². The molecular weight excluding hydrogens is 393 g/mol. The van der Waals surface area contributed by atoms with Crippen LogP contribution in [0.1, 0.15) is 48.0 Å². The summed E-state index contributed by atoms with van der Waals surface area (Å²) in [6, 6.07) is 0.250. The molecule has 0 bridgehead atoms. The normalized spacial score (nSPS) is 10.1. The number of rotatable bonds is 0. The average molecular weight is 424 g/mol. The Hall–Kier alpha value is 0.716. The van der Waals surface area contributed by atoms with Crippen LogP contribution in [0.25, 0.3) is 17.2 Å². The molecule has 1 rings (SSSR count). The molecule has 0 unspecified atom stereocenters. The zero-order valence-corrected chi connectivity index (χ0v) is 19.2. The second kappa shape index (κ2) is 31.9. The summed E-state index contributed by atoms with van der Waals surface area (Å²) in [4.78, 5) is 0. The molecule has 0 aromatic heterocycles. The first-order valence-electron chi connectivity index (χ1n) is 6.31. The van der Waals surface area contributed by atoms with Crippen LogP contribution in [0, 0.1) is 6.08 Å². The number of allylic oxidation sites excluding steroid dienone is 4. The second-order valence-corrected chi connectivity index (χ2v) is 4.47. The van der Waals surface area contributed by atoms with Gasteiger partial charge in [-0.15, -0.1) is 24.5 Å². The van der Waals surface area contributed by atoms with Gasteiger partial charge in [0.25, 0.3) is 0 Å². The first kappa shape index (κ1) is 32.6. The minimum atomic E-state index is -0.125. The summed E-state index contributed by atoms with van der Waals surface area (Å²) in [5.74, 6) is 0. The molecule has 0 saturated heterocycles. The molecule has 20 heavy (non-hydrogen) atoms. The summed E-state index contributed by atoms with van der Waals surface area (Å²) in [6.45, 7) is 11.0. The zero-order chi connectivity index (χ0) is 16.3. The van der Waals surface area contributed by atoms with Gasteiger partial charge in [-0.05, 0) is 0 Å². The molecule has 3 nitrogen and oxygen atoms in total. The van der Waals surface area contributed by atoms with Gasteiger partial charge >= 0.3 is 46.7 Å². The van der Waals surface area contributed by atoms with E-state index in [2.05, 4.69) is 12.2 Å². The summed E-state index contributed by atoms with van der Waals surface area (Å²) in [5.41, 5.74) is 19.8. The van der Waals surface area contributed by atoms with E-state index in [9.17, 15) is 3.50 Å². The van der Waals surface area contributed by atoms with Gasteiger partial charge in [-0.25, -0.2) is 12.2 Å². The van der Waals surface area contributed by atoms with Crippen LogP contribution in [0.2, 0.25) is 0 Å². The molecule has 3 N–H and O–H groups in total. The molecule has 0 atom stereocenters. The smallest absolute Gasteiger partial charge is 4.00 e. The number of nitrogens with one attached hydrogen (secondary N) is 3. The Balaban J connectivity index is -0.0000000476. The van der Waals surface area contributed by atoms with Crippen molar-refractivity contribution in [1.82, 2.24) is 0 Å². The Labute approximate surface area is 153 Å². The van der Waals surface area contributed by atoms with Crippen molar-refractivity contribution in [1.29, 1.82) is 0 Å². The van der Waals surface area contributed by atoms with Gasteiger partial charge in [0.1, 0.15) is 0 Å². The second-order valence-electron chi connectivity index (χ2n) is 4.47. The van der Waals surface area contributed by atoms with E-state index in [-0.39, 0.29) is 61.3 Å². The molecule has 1 radical (unpaired) electrons. The van der Waals surface area contributed by atoms with Gasteiger partial charge in [-0.2, -0.15) is 6.08 Å². The van der Waals surface area contributed by atoms with Crippen molar-refractivity contribution in [2.24, 2.45) is 0 Å². The van der Waals surface area contributed by atoms with Crippen LogP contribution in [0.15, 0.2) is 18.2 Å². The van der Waals surface area contributed by atoms with Crippen LogP contribution < -0.4 is 0 Å². The Morgan fingerprint density at radius 1 is 0.900 bits per heavy atom. The van der Waals surface area contributed by atoms with Gasteiger partial charge in [-0.1, -0.05) is 41.5 Å². The van der Waals surface area contributed by atoms with E-state index in [4.69, 9.17) is 17.2 Å². The van der Waals surface area contributed by atoms with E-state index in [1.54, 1.807) is 0 Å². The standard InChI is InChI=1S/C5H5.3C3H8N.FGeH2.Zr/c1-2-4-5-3-1;3*1-3(2)4;1-2;/h1-3H,4H2;3*3-4H,1-2H3;2H2;/q4*-1;;+4. The zero-order valence-electron chi connectivity index (χ0n) is 13.8. The minimum absolute atomic E-state index is 0. The Morgan fingerprint density at radius 3 is 1.20 bits per heavy atom. The fourth-order valence-electron chi connectivity index (χ4n) is 0.340. The summed E-state index contributed by atoms with van der Waals surface area (Å²) in [5, 5.41) is 0. The maximum absolute atomic E-state index is 9.62. The van der Waals surface area contributed by atoms with E-state index in [1.807, 2.05) is 53.7 Å². The molecule has 0 fully saturated rings. The monoisotopic (exact) mass is 424 g/mol. The van der Waals surface area contributed by atoms with E-state index in [0.717, 1.165) is 6.42 Å². The van der Waals surface area contributed by atoms with Crippen LogP contribution >= 0.6 is 0 Å². The SMILES string of the molecule is CC(C)[NH-].CC(C)[NH-].CC(C)[NH-].[C-]1=CC=CC1.[F][GeH2].[Zr+4]. The molecule has 0 saturated carbocycles. The van der Waals surface area contributed by atoms with Crippen molar-refractivity contribution in [2.45, 2.75) is 66.1 Å². The van der Waals surface area contributed by atoms with E-state index in [1.165, 1.54) is 0 Å². The van der Waals surface area contributed by atoms with Crippen molar-refractivity contribution < 1.29 is 29.7 Å². The van der Waals surface area contributed by atoms with E-state index in [0.29, 0.717) is 0 Å². The summed E-state index contributed by atoms with van der Waals surface area (Å²) in [6.07, 6.45) is 10.0. The first-order valence-corrected chi connectivity index (χ1v) is 7.44. The van der Waals surface area contributed by atoms with E-state index < -0.39 is 0 Å². The third-order valence-corrected chi connectivity index (χ3v) is 0.586. The largest absolute Gasteiger partial charge is 4.00 e. The van der Waals surface area contributed by atoms with Crippen LogP contribution in [-0.2, 0) is 26.2 Å². The summed E-state index contributed by atoms with van der Waals surface area (Å²) < 4.78 is 9.62. The predicted molar refractivity (Wildman–Crippen MR) is 89.6 cm³/mol. The maximum atomic E-state index is 9.62. The number of hydrogen-bond donors (Lipinski definition) is 0. The Kier molecular flexibility index (Phi) is 52.0. The van der Waals surface area contributed by atoms with Crippen LogP contribution in [-0.4, -0.2) is 35.1 Å². The Bertz CT molecular complexity index is 155. The van der Waals surface area contributed by atoms with Gasteiger partial charge in [0, 0.05) is 0 Å². The van der Waals surface area contributed by atoms with Gasteiger partial charge in [0.15, 0.2) is 0 Å². The molecule has 6 heteroatoms. The van der Waals surface area contributed by atoms with Crippen molar-refractivity contribution in [2.75, 3.05) is 0 Å². The van der Waals surface area contributed by atoms with Crippen LogP contribution in [0.3, 0.4) is 0 Å². The van der Waals surface area contributed by atoms with Crippen molar-refractivity contribution >= 4 is 17.0 Å². The molecule has 0 aromatic carbocycles. The predicted octanol–water partition coefficient (Wildman–Crippen LogP) is 5.15. The van der Waals surface area contributed by atoms with Crippen LogP contribution in [0.4, 0.5) is 3.50 Å². The molecular formula is C14H31FGeN3Zr. The number of halogens is 1. The molecule has 1 aliphatic rings. The van der Waals surface area contributed by atoms with Gasteiger partial charge in [0.05, 0.1) is 0 Å². The van der Waals surface area contributed by atoms with E-state index >= 15 is 0 Å². The fraction of sp³-hybridized carbons (Fsp3) is 0.714. The molecule has 0 amide bonds. The maximum Gasteiger partial charge on any atom is 4.00 e. The summed E-state index contributed by atoms with van der Waals surface area (Å²) in [7, 11) is 0. The third kappa shape index (κ3) is 180. The van der Waals surface area contributed by atoms with Gasteiger partial charge in [-0.3, -0.25) is 6.08 Å². The quantitative estimate of drug-likeness (QED) is 0.381. The van der Waals surface area contributed by atoms with Gasteiger partial charge < -0.3 is 17.2 Å². The first-order chi connectivity index (χ1) is 8.70. The molecule has 0 spiro atoms. The van der Waals surface area contributed by atoms with Crippen molar-refractivity contribution in [3.8, 4) is 0 Å². The molecule has 1 aliphatic carbocycles. The Morgan fingerprint density at radius 2 is 1.15 bits per heavy atom. The molecule has 117 valence electrons. The molecule has 0 heterocycles. The van der Waals surface area contributed by atoms with Crippen LogP contribution in [0.5, 0.6) is 0 Å². The minimum Gasteiger partial charge on any atom is 4.00 e. The van der Waals surface area contributed by atoms with Crippen molar-refractivity contribution in [3.05, 3.63) is 41.5 Å². The molecule has 0 aliphatic heterocycles. The van der Waals surface area contributed by atoms with Gasteiger partial charge in [0.2, 0.25) is 0 Å². The topological polar surface area (TPSA) is 71.4 Å². The number of hydrogen-bond acceptors (Lipinski definition) is 0. The molecule has 0 aromatic rings.